The van der Waals surface area contributed by atoms with Crippen molar-refractivity contribution in [2.24, 2.45) is 0 Å². The number of nitrogens with zero attached hydrogens (tertiary/aromatic N) is 1. The van der Waals surface area contributed by atoms with E-state index >= 15 is 0 Å². The molecule has 0 saturated carbocycles. The topological polar surface area (TPSA) is 31.4 Å². The third kappa shape index (κ3) is 1.87. The molecule has 0 amide bonds. The largest absolute Gasteiger partial charge is 0.348 e. The maximum absolute atomic E-state index is 5.40. The molecule has 1 aromatic heterocycles. The van der Waals surface area contributed by atoms with E-state index in [-0.39, 0.29) is 5.54 Å². The molecule has 1 unspecified atom stereocenters. The Morgan fingerprint density at radius 1 is 1.36 bits per heavy atom. The third-order valence-electron chi connectivity index (χ3n) is 2.20. The van der Waals surface area contributed by atoms with Crippen molar-refractivity contribution in [3.63, 3.8) is 0 Å². The lowest BCUT2D eigenvalue weighted by atomic mass is 10.1. The Balaban J connectivity index is 3.11. The van der Waals surface area contributed by atoms with Crippen molar-refractivity contribution in [2.75, 3.05) is 14.2 Å². The van der Waals surface area contributed by atoms with Crippen LogP contribution in [0, 0.1) is 0 Å². The Morgan fingerprint density at radius 3 is 2.36 bits per heavy atom. The van der Waals surface area contributed by atoms with E-state index in [4.69, 9.17) is 9.47 Å². The number of hydrogen-bond acceptors (Lipinski definition) is 3. The van der Waals surface area contributed by atoms with Gasteiger partial charge in [0.05, 0.1) is 5.69 Å². The minimum absolute atomic E-state index is 0.00685. The lowest BCUT2D eigenvalue weighted by Gasteiger charge is -2.33. The zero-order chi connectivity index (χ0) is 10.6. The monoisotopic (exact) mass is 208 g/mol. The Hall–Kier alpha value is -0.713. The standard InChI is InChI=1S/C10H14NO2Si/c1-8(14)10(12-2,13-3)9-6-4-5-7-11-9/h4-8H,1-3H3. The van der Waals surface area contributed by atoms with Gasteiger partial charge in [-0.2, -0.15) is 0 Å². The van der Waals surface area contributed by atoms with Crippen LogP contribution in [0.1, 0.15) is 12.6 Å². The first-order chi connectivity index (χ1) is 6.67. The molecule has 0 aliphatic heterocycles. The number of pyridine rings is 1. The van der Waals surface area contributed by atoms with Crippen molar-refractivity contribution in [1.29, 1.82) is 0 Å². The summed E-state index contributed by atoms with van der Waals surface area (Å²) in [6.45, 7) is 1.96. The van der Waals surface area contributed by atoms with Gasteiger partial charge in [0.25, 0.3) is 0 Å². The third-order valence-corrected chi connectivity index (χ3v) is 2.58. The van der Waals surface area contributed by atoms with Gasteiger partial charge in [0.2, 0.25) is 5.79 Å². The summed E-state index contributed by atoms with van der Waals surface area (Å²) < 4.78 is 10.8. The molecule has 4 heteroatoms. The summed E-state index contributed by atoms with van der Waals surface area (Å²) >= 11 is 0. The van der Waals surface area contributed by atoms with Crippen LogP contribution in [0.15, 0.2) is 24.4 Å². The van der Waals surface area contributed by atoms with Crippen LogP contribution < -0.4 is 0 Å². The molecule has 0 fully saturated rings. The van der Waals surface area contributed by atoms with Gasteiger partial charge in [-0.3, -0.25) is 4.98 Å². The molecule has 3 nitrogen and oxygen atoms in total. The number of aromatic nitrogens is 1. The van der Waals surface area contributed by atoms with Crippen LogP contribution in [0.2, 0.25) is 5.54 Å². The van der Waals surface area contributed by atoms with Crippen LogP contribution >= 0.6 is 0 Å². The molecule has 0 aliphatic carbocycles. The fraction of sp³-hybridized carbons (Fsp3) is 0.500. The molecular formula is C10H14NO2Si. The Morgan fingerprint density at radius 2 is 2.00 bits per heavy atom. The summed E-state index contributed by atoms with van der Waals surface area (Å²) in [7, 11) is 6.73. The summed E-state index contributed by atoms with van der Waals surface area (Å²) in [6, 6.07) is 5.64. The molecule has 0 aromatic carbocycles. The van der Waals surface area contributed by atoms with Crippen LogP contribution in [0.3, 0.4) is 0 Å². The quantitative estimate of drug-likeness (QED) is 0.555. The van der Waals surface area contributed by atoms with Crippen molar-refractivity contribution in [1.82, 2.24) is 4.98 Å². The van der Waals surface area contributed by atoms with Gasteiger partial charge in [-0.1, -0.05) is 13.0 Å². The molecule has 0 saturated heterocycles. The Bertz CT molecular complexity index is 273. The highest BCUT2D eigenvalue weighted by Gasteiger charge is 2.37. The highest BCUT2D eigenvalue weighted by atomic mass is 28.1. The first-order valence-electron chi connectivity index (χ1n) is 4.40. The van der Waals surface area contributed by atoms with Gasteiger partial charge in [-0.25, -0.2) is 0 Å². The lowest BCUT2D eigenvalue weighted by Crippen LogP contribution is -2.35. The van der Waals surface area contributed by atoms with Crippen molar-refractivity contribution < 1.29 is 9.47 Å². The normalized spacial score (nSPS) is 14.0. The predicted octanol–water partition coefficient (Wildman–Crippen LogP) is 1.50. The van der Waals surface area contributed by atoms with Gasteiger partial charge in [0, 0.05) is 36.2 Å². The SMILES string of the molecule is COC(OC)(c1ccccn1)C(C)[Si]. The molecule has 1 rings (SSSR count). The predicted molar refractivity (Wildman–Crippen MR) is 55.1 cm³/mol. The van der Waals surface area contributed by atoms with Crippen molar-refractivity contribution in [2.45, 2.75) is 18.3 Å². The molecule has 1 aromatic rings. The summed E-state index contributed by atoms with van der Waals surface area (Å²) in [5, 5.41) is 0. The van der Waals surface area contributed by atoms with Gasteiger partial charge < -0.3 is 9.47 Å². The van der Waals surface area contributed by atoms with Gasteiger partial charge in [0.15, 0.2) is 0 Å². The number of rotatable bonds is 4. The Kier molecular flexibility index (Phi) is 3.80. The van der Waals surface area contributed by atoms with Gasteiger partial charge in [-0.05, 0) is 12.1 Å². The van der Waals surface area contributed by atoms with Crippen LogP contribution in [0.25, 0.3) is 0 Å². The van der Waals surface area contributed by atoms with Gasteiger partial charge in [0.1, 0.15) is 0 Å². The van der Waals surface area contributed by atoms with E-state index in [1.165, 1.54) is 0 Å². The first kappa shape index (κ1) is 11.4. The molecule has 1 atom stereocenters. The van der Waals surface area contributed by atoms with Gasteiger partial charge in [-0.15, -0.1) is 0 Å². The average Bonchev–Trinajstić information content (AvgIpc) is 2.22. The first-order valence-corrected chi connectivity index (χ1v) is 4.98. The fourth-order valence-electron chi connectivity index (χ4n) is 1.44. The van der Waals surface area contributed by atoms with Gasteiger partial charge >= 0.3 is 0 Å². The van der Waals surface area contributed by atoms with E-state index in [0.717, 1.165) is 5.69 Å². The second-order valence-electron chi connectivity index (χ2n) is 3.01. The summed E-state index contributed by atoms with van der Waals surface area (Å²) in [4.78, 5) is 4.23. The number of methoxy groups -OCH3 is 2. The van der Waals surface area contributed by atoms with Crippen LogP contribution in [-0.4, -0.2) is 29.4 Å². The number of hydrogen-bond donors (Lipinski definition) is 0. The molecule has 75 valence electrons. The zero-order valence-corrected chi connectivity index (χ0v) is 9.65. The molecule has 3 radical (unpaired) electrons. The zero-order valence-electron chi connectivity index (χ0n) is 8.65. The molecule has 0 N–H and O–H groups in total. The minimum atomic E-state index is -0.821. The van der Waals surface area contributed by atoms with E-state index in [0.29, 0.717) is 0 Å². The molecule has 1 heterocycles. The van der Waals surface area contributed by atoms with Crippen LogP contribution in [-0.2, 0) is 15.3 Å². The van der Waals surface area contributed by atoms with E-state index in [1.807, 2.05) is 25.1 Å². The second kappa shape index (κ2) is 4.68. The molecule has 0 aliphatic rings. The van der Waals surface area contributed by atoms with Crippen LogP contribution in [0.4, 0.5) is 0 Å². The number of ether oxygens (including phenoxy) is 2. The summed E-state index contributed by atoms with van der Waals surface area (Å²) in [5.74, 6) is -0.821. The van der Waals surface area contributed by atoms with E-state index in [9.17, 15) is 0 Å². The van der Waals surface area contributed by atoms with E-state index < -0.39 is 5.79 Å². The van der Waals surface area contributed by atoms with Crippen molar-refractivity contribution >= 4 is 10.2 Å². The molecular weight excluding hydrogens is 194 g/mol. The van der Waals surface area contributed by atoms with Crippen LogP contribution in [0.5, 0.6) is 0 Å². The average molecular weight is 208 g/mol. The Labute approximate surface area is 87.9 Å². The maximum Gasteiger partial charge on any atom is 0.211 e. The fourth-order valence-corrected chi connectivity index (χ4v) is 1.82. The van der Waals surface area contributed by atoms with Crippen molar-refractivity contribution in [3.8, 4) is 0 Å². The second-order valence-corrected chi connectivity index (χ2v) is 3.88. The highest BCUT2D eigenvalue weighted by Crippen LogP contribution is 2.34. The smallest absolute Gasteiger partial charge is 0.211 e. The van der Waals surface area contributed by atoms with E-state index in [2.05, 4.69) is 15.2 Å². The van der Waals surface area contributed by atoms with Crippen molar-refractivity contribution in [3.05, 3.63) is 30.1 Å². The van der Waals surface area contributed by atoms with E-state index in [1.54, 1.807) is 20.4 Å². The molecule has 0 bridgehead atoms. The summed E-state index contributed by atoms with van der Waals surface area (Å²) in [5.41, 5.74) is 0.764. The minimum Gasteiger partial charge on any atom is -0.348 e. The maximum atomic E-state index is 5.40. The molecule has 0 spiro atoms. The lowest BCUT2D eigenvalue weighted by molar-refractivity contribution is -0.219. The summed E-state index contributed by atoms with van der Waals surface area (Å²) in [6.07, 6.45) is 1.72. The highest BCUT2D eigenvalue weighted by molar-refractivity contribution is 6.12. The molecule has 14 heavy (non-hydrogen) atoms.